The number of ketones is 1. The molecule has 1 N–H and O–H groups in total. The molecule has 25 heavy (non-hydrogen) atoms. The van der Waals surface area contributed by atoms with Crippen molar-refractivity contribution in [3.63, 3.8) is 0 Å². The Morgan fingerprint density at radius 3 is 2.44 bits per heavy atom. The summed E-state index contributed by atoms with van der Waals surface area (Å²) in [5.41, 5.74) is 4.55. The van der Waals surface area contributed by atoms with Crippen LogP contribution in [0.1, 0.15) is 42.3 Å². The SMILES string of the molecule is Cc1cc(C)c(C(=O)COC(=O)CNC(=O)c2cccs2)c(C)c1C. The molecule has 0 radical (unpaired) electrons. The molecule has 0 unspecified atom stereocenters. The van der Waals surface area contributed by atoms with Crippen molar-refractivity contribution in [2.45, 2.75) is 27.7 Å². The zero-order valence-electron chi connectivity index (χ0n) is 14.8. The van der Waals surface area contributed by atoms with E-state index < -0.39 is 5.97 Å². The van der Waals surface area contributed by atoms with Gasteiger partial charge in [-0.3, -0.25) is 14.4 Å². The van der Waals surface area contributed by atoms with Crippen LogP contribution in [0.25, 0.3) is 0 Å². The van der Waals surface area contributed by atoms with Gasteiger partial charge in [-0.15, -0.1) is 11.3 Å². The standard InChI is InChI=1S/C19H21NO4S/c1-11-8-12(2)18(14(4)13(11)3)15(21)10-24-17(22)9-20-19(23)16-6-5-7-25-16/h5-8H,9-10H2,1-4H3,(H,20,23). The van der Waals surface area contributed by atoms with Crippen LogP contribution in [0.3, 0.4) is 0 Å². The molecule has 0 bridgehead atoms. The predicted molar refractivity (Wildman–Crippen MR) is 97.3 cm³/mol. The second kappa shape index (κ2) is 8.07. The van der Waals surface area contributed by atoms with Gasteiger partial charge in [0, 0.05) is 5.56 Å². The molecule has 2 rings (SSSR count). The zero-order valence-corrected chi connectivity index (χ0v) is 15.6. The first-order valence-electron chi connectivity index (χ1n) is 7.89. The Bertz CT molecular complexity index is 809. The van der Waals surface area contributed by atoms with Crippen LogP contribution in [0.5, 0.6) is 0 Å². The van der Waals surface area contributed by atoms with Crippen molar-refractivity contribution in [1.29, 1.82) is 0 Å². The summed E-state index contributed by atoms with van der Waals surface area (Å²) in [6.07, 6.45) is 0. The second-order valence-electron chi connectivity index (χ2n) is 5.88. The van der Waals surface area contributed by atoms with Crippen molar-refractivity contribution in [3.8, 4) is 0 Å². The molecule has 0 aliphatic rings. The average Bonchev–Trinajstić information content (AvgIpc) is 3.10. The normalized spacial score (nSPS) is 10.4. The molecular weight excluding hydrogens is 338 g/mol. The van der Waals surface area contributed by atoms with E-state index >= 15 is 0 Å². The van der Waals surface area contributed by atoms with E-state index in [1.807, 2.05) is 33.8 Å². The molecule has 5 nitrogen and oxygen atoms in total. The van der Waals surface area contributed by atoms with E-state index in [4.69, 9.17) is 4.74 Å². The Morgan fingerprint density at radius 1 is 1.08 bits per heavy atom. The molecule has 0 saturated carbocycles. The van der Waals surface area contributed by atoms with Gasteiger partial charge in [0.05, 0.1) is 4.88 Å². The number of hydrogen-bond acceptors (Lipinski definition) is 5. The molecule has 1 amide bonds. The number of rotatable bonds is 6. The smallest absolute Gasteiger partial charge is 0.325 e. The number of hydrogen-bond donors (Lipinski definition) is 1. The van der Waals surface area contributed by atoms with Gasteiger partial charge in [-0.2, -0.15) is 0 Å². The van der Waals surface area contributed by atoms with Gasteiger partial charge in [0.1, 0.15) is 6.54 Å². The molecule has 2 aromatic rings. The Kier molecular flexibility index (Phi) is 6.09. The molecule has 0 fully saturated rings. The van der Waals surface area contributed by atoms with E-state index in [2.05, 4.69) is 5.32 Å². The minimum Gasteiger partial charge on any atom is -0.456 e. The first-order valence-corrected chi connectivity index (χ1v) is 8.77. The van der Waals surface area contributed by atoms with Gasteiger partial charge in [-0.1, -0.05) is 12.1 Å². The number of amides is 1. The van der Waals surface area contributed by atoms with E-state index in [1.54, 1.807) is 17.5 Å². The van der Waals surface area contributed by atoms with Gasteiger partial charge < -0.3 is 10.1 Å². The van der Waals surface area contributed by atoms with Crippen molar-refractivity contribution >= 4 is 29.0 Å². The van der Waals surface area contributed by atoms with Crippen LogP contribution in [0.4, 0.5) is 0 Å². The summed E-state index contributed by atoms with van der Waals surface area (Å²) in [5, 5.41) is 4.25. The Balaban J connectivity index is 1.91. The van der Waals surface area contributed by atoms with Gasteiger partial charge in [-0.05, 0) is 61.4 Å². The maximum absolute atomic E-state index is 12.4. The molecule has 0 aliphatic carbocycles. The Morgan fingerprint density at radius 2 is 1.80 bits per heavy atom. The van der Waals surface area contributed by atoms with E-state index in [9.17, 15) is 14.4 Å². The Labute approximate surface area is 151 Å². The molecule has 1 aromatic carbocycles. The highest BCUT2D eigenvalue weighted by Gasteiger charge is 2.17. The molecule has 6 heteroatoms. The summed E-state index contributed by atoms with van der Waals surface area (Å²) in [5.74, 6) is -1.22. The zero-order chi connectivity index (χ0) is 18.6. The van der Waals surface area contributed by atoms with E-state index in [0.29, 0.717) is 10.4 Å². The minimum atomic E-state index is -0.641. The molecule has 1 heterocycles. The third kappa shape index (κ3) is 4.54. The van der Waals surface area contributed by atoms with Crippen molar-refractivity contribution in [2.75, 3.05) is 13.2 Å². The van der Waals surface area contributed by atoms with Gasteiger partial charge in [0.25, 0.3) is 5.91 Å². The van der Waals surface area contributed by atoms with E-state index in [1.165, 1.54) is 11.3 Å². The average molecular weight is 359 g/mol. The fraction of sp³-hybridized carbons (Fsp3) is 0.316. The highest BCUT2D eigenvalue weighted by molar-refractivity contribution is 7.12. The lowest BCUT2D eigenvalue weighted by molar-refractivity contribution is -0.141. The number of carbonyl (C=O) groups is 3. The van der Waals surface area contributed by atoms with Crippen molar-refractivity contribution in [3.05, 3.63) is 56.3 Å². The third-order valence-electron chi connectivity index (χ3n) is 4.14. The largest absolute Gasteiger partial charge is 0.456 e. The maximum atomic E-state index is 12.4. The number of aryl methyl sites for hydroxylation is 2. The summed E-state index contributed by atoms with van der Waals surface area (Å²) in [6, 6.07) is 5.38. The number of esters is 1. The van der Waals surface area contributed by atoms with Crippen LogP contribution in [0.15, 0.2) is 23.6 Å². The van der Waals surface area contributed by atoms with Crippen molar-refractivity contribution < 1.29 is 19.1 Å². The number of benzene rings is 1. The fourth-order valence-electron chi connectivity index (χ4n) is 2.63. The maximum Gasteiger partial charge on any atom is 0.325 e. The van der Waals surface area contributed by atoms with Gasteiger partial charge in [0.15, 0.2) is 6.61 Å². The molecule has 0 spiro atoms. The molecular formula is C19H21NO4S. The number of ether oxygens (including phenoxy) is 1. The highest BCUT2D eigenvalue weighted by Crippen LogP contribution is 2.22. The van der Waals surface area contributed by atoms with Gasteiger partial charge in [-0.25, -0.2) is 0 Å². The van der Waals surface area contributed by atoms with Crippen LogP contribution in [0, 0.1) is 27.7 Å². The van der Waals surface area contributed by atoms with Crippen LogP contribution in [0.2, 0.25) is 0 Å². The monoisotopic (exact) mass is 359 g/mol. The Hall–Kier alpha value is -2.47. The number of nitrogens with one attached hydrogen (secondary N) is 1. The van der Waals surface area contributed by atoms with Gasteiger partial charge in [0.2, 0.25) is 5.78 Å². The quantitative estimate of drug-likeness (QED) is 0.635. The number of thiophene rings is 1. The topological polar surface area (TPSA) is 72.5 Å². The lowest BCUT2D eigenvalue weighted by atomic mass is 9.92. The molecule has 1 aromatic heterocycles. The first-order chi connectivity index (χ1) is 11.8. The lowest BCUT2D eigenvalue weighted by Crippen LogP contribution is -2.31. The number of Topliss-reactive ketones (excluding diaryl/α,β-unsaturated/α-hetero) is 1. The molecule has 132 valence electrons. The summed E-state index contributed by atoms with van der Waals surface area (Å²) in [7, 11) is 0. The van der Waals surface area contributed by atoms with Crippen molar-refractivity contribution in [1.82, 2.24) is 5.32 Å². The van der Waals surface area contributed by atoms with Crippen molar-refractivity contribution in [2.24, 2.45) is 0 Å². The number of carbonyl (C=O) groups excluding carboxylic acids is 3. The van der Waals surface area contributed by atoms with E-state index in [0.717, 1.165) is 22.3 Å². The minimum absolute atomic E-state index is 0.240. The predicted octanol–water partition coefficient (Wildman–Crippen LogP) is 3.14. The second-order valence-corrected chi connectivity index (χ2v) is 6.83. The summed E-state index contributed by atoms with van der Waals surface area (Å²) < 4.78 is 5.01. The molecule has 0 saturated heterocycles. The summed E-state index contributed by atoms with van der Waals surface area (Å²) >= 11 is 1.29. The van der Waals surface area contributed by atoms with Crippen LogP contribution >= 0.6 is 11.3 Å². The first kappa shape index (κ1) is 18.9. The van der Waals surface area contributed by atoms with Gasteiger partial charge >= 0.3 is 5.97 Å². The van der Waals surface area contributed by atoms with Crippen LogP contribution in [-0.4, -0.2) is 30.8 Å². The van der Waals surface area contributed by atoms with Crippen LogP contribution < -0.4 is 5.32 Å². The lowest BCUT2D eigenvalue weighted by Gasteiger charge is -2.14. The van der Waals surface area contributed by atoms with E-state index in [-0.39, 0.29) is 24.8 Å². The molecule has 0 aliphatic heterocycles. The summed E-state index contributed by atoms with van der Waals surface area (Å²) in [6.45, 7) is 7.13. The fourth-order valence-corrected chi connectivity index (χ4v) is 3.27. The molecule has 0 atom stereocenters. The highest BCUT2D eigenvalue weighted by atomic mass is 32.1. The summed E-state index contributed by atoms with van der Waals surface area (Å²) in [4.78, 5) is 36.4. The third-order valence-corrected chi connectivity index (χ3v) is 5.01. The van der Waals surface area contributed by atoms with Crippen LogP contribution in [-0.2, 0) is 9.53 Å².